The predicted octanol–water partition coefficient (Wildman–Crippen LogP) is 3.69. The third-order valence-corrected chi connectivity index (χ3v) is 3.54. The molecule has 0 aliphatic carbocycles. The maximum atomic E-state index is 12.4. The molecule has 0 heterocycles. The van der Waals surface area contributed by atoms with Crippen LogP contribution in [-0.2, 0) is 11.3 Å². The highest BCUT2D eigenvalue weighted by molar-refractivity contribution is 6.10. The zero-order chi connectivity index (χ0) is 16.8. The lowest BCUT2D eigenvalue weighted by Gasteiger charge is -2.23. The molecule has 3 nitrogen and oxygen atoms in total. The number of hydrogen-bond donors (Lipinski definition) is 0. The van der Waals surface area contributed by atoms with Crippen molar-refractivity contribution in [2.75, 3.05) is 4.90 Å². The first kappa shape index (κ1) is 16.5. The topological polar surface area (TPSA) is 37.4 Å². The van der Waals surface area contributed by atoms with Crippen LogP contribution in [0.3, 0.4) is 0 Å². The highest BCUT2D eigenvalue weighted by Gasteiger charge is 2.22. The number of rotatable bonds is 5. The van der Waals surface area contributed by atoms with E-state index in [1.165, 1.54) is 4.90 Å². The molecule has 23 heavy (non-hydrogen) atoms. The third-order valence-electron chi connectivity index (χ3n) is 3.54. The summed E-state index contributed by atoms with van der Waals surface area (Å²) in [4.78, 5) is 26.2. The largest absolute Gasteiger partial charge is 0.302 e. The second-order valence-electron chi connectivity index (χ2n) is 5.56. The highest BCUT2D eigenvalue weighted by Crippen LogP contribution is 2.25. The number of hydrogen-bond acceptors (Lipinski definition) is 2. The summed E-state index contributed by atoms with van der Waals surface area (Å²) in [6, 6.07) is 16.6. The van der Waals surface area contributed by atoms with Gasteiger partial charge in [0.05, 0.1) is 12.2 Å². The zero-order valence-corrected chi connectivity index (χ0v) is 13.3. The first-order valence-electron chi connectivity index (χ1n) is 7.50. The molecular weight excluding hydrogens is 286 g/mol. The van der Waals surface area contributed by atoms with E-state index in [2.05, 4.69) is 5.92 Å². The van der Waals surface area contributed by atoms with Crippen molar-refractivity contribution in [2.24, 2.45) is 5.92 Å². The number of carbonyl (C=O) groups is 2. The van der Waals surface area contributed by atoms with E-state index >= 15 is 0 Å². The fourth-order valence-electron chi connectivity index (χ4n) is 2.34. The molecule has 0 saturated heterocycles. The summed E-state index contributed by atoms with van der Waals surface area (Å²) in [6.45, 7) is 4.00. The van der Waals surface area contributed by atoms with Crippen LogP contribution in [-0.4, -0.2) is 11.7 Å². The minimum absolute atomic E-state index is 0.0107. The van der Waals surface area contributed by atoms with Gasteiger partial charge in [-0.3, -0.25) is 14.5 Å². The van der Waals surface area contributed by atoms with E-state index in [-0.39, 0.29) is 11.7 Å². The van der Waals surface area contributed by atoms with Gasteiger partial charge in [-0.1, -0.05) is 56.3 Å². The van der Waals surface area contributed by atoms with Crippen LogP contribution in [0.25, 0.3) is 0 Å². The van der Waals surface area contributed by atoms with E-state index in [4.69, 9.17) is 6.42 Å². The lowest BCUT2D eigenvalue weighted by molar-refractivity contribution is -0.113. The van der Waals surface area contributed by atoms with Crippen molar-refractivity contribution in [1.29, 1.82) is 0 Å². The molecule has 2 aromatic carbocycles. The van der Waals surface area contributed by atoms with E-state index in [9.17, 15) is 9.59 Å². The summed E-state index contributed by atoms with van der Waals surface area (Å²) in [5.41, 5.74) is 2.02. The van der Waals surface area contributed by atoms with Crippen LogP contribution in [0.1, 0.15) is 29.8 Å². The number of terminal acetylenes is 1. The lowest BCUT2D eigenvalue weighted by atomic mass is 9.98. The van der Waals surface area contributed by atoms with Crippen molar-refractivity contribution in [1.82, 2.24) is 0 Å². The molecule has 1 amide bonds. The van der Waals surface area contributed by atoms with Gasteiger partial charge in [0.2, 0.25) is 0 Å². The molecule has 116 valence electrons. The van der Waals surface area contributed by atoms with Crippen molar-refractivity contribution in [3.63, 3.8) is 0 Å². The Kier molecular flexibility index (Phi) is 5.32. The van der Waals surface area contributed by atoms with Crippen molar-refractivity contribution in [2.45, 2.75) is 20.4 Å². The van der Waals surface area contributed by atoms with Gasteiger partial charge in [-0.25, -0.2) is 0 Å². The molecule has 0 fully saturated rings. The summed E-state index contributed by atoms with van der Waals surface area (Å²) in [6.07, 6.45) is 5.32. The fraction of sp³-hybridized carbons (Fsp3) is 0.200. The molecule has 3 heteroatoms. The number of anilines is 1. The summed E-state index contributed by atoms with van der Waals surface area (Å²) in [5.74, 6) is 1.53. The predicted molar refractivity (Wildman–Crippen MR) is 92.1 cm³/mol. The minimum atomic E-state index is -0.460. The van der Waals surface area contributed by atoms with Crippen molar-refractivity contribution >= 4 is 17.4 Å². The Balaban J connectivity index is 2.47. The smallest absolute Gasteiger partial charge is 0.296 e. The quantitative estimate of drug-likeness (QED) is 0.624. The zero-order valence-electron chi connectivity index (χ0n) is 13.3. The standard InChI is InChI=1S/C20H19NO2/c1-4-19(22)21(14-16-10-6-5-7-11-16)18-13-9-8-12-17(18)20(23)15(2)3/h1,5-13,15H,14H2,2-3H3. The normalized spacial score (nSPS) is 10.2. The van der Waals surface area contributed by atoms with Gasteiger partial charge < -0.3 is 0 Å². The molecule has 0 aromatic heterocycles. The molecule has 2 rings (SSSR count). The number of Topliss-reactive ketones (excluding diaryl/α,β-unsaturated/α-hetero) is 1. The van der Waals surface area contributed by atoms with Gasteiger partial charge in [0.15, 0.2) is 5.78 Å². The SMILES string of the molecule is C#CC(=O)N(Cc1ccccc1)c1ccccc1C(=O)C(C)C. The van der Waals surface area contributed by atoms with E-state index < -0.39 is 5.91 Å². The van der Waals surface area contributed by atoms with Crippen LogP contribution in [0.4, 0.5) is 5.69 Å². The third kappa shape index (κ3) is 3.87. The molecular formula is C20H19NO2. The van der Waals surface area contributed by atoms with Gasteiger partial charge in [0.1, 0.15) is 0 Å². The second kappa shape index (κ2) is 7.42. The number of amides is 1. The molecule has 0 aliphatic heterocycles. The van der Waals surface area contributed by atoms with Gasteiger partial charge in [-0.2, -0.15) is 0 Å². The molecule has 0 saturated carbocycles. The van der Waals surface area contributed by atoms with Crippen LogP contribution < -0.4 is 4.90 Å². The highest BCUT2D eigenvalue weighted by atomic mass is 16.2. The van der Waals surface area contributed by atoms with Gasteiger partial charge in [-0.15, -0.1) is 6.42 Å². The number of nitrogens with zero attached hydrogens (tertiary/aromatic N) is 1. The first-order chi connectivity index (χ1) is 11.0. The van der Waals surface area contributed by atoms with Crippen LogP contribution in [0.15, 0.2) is 54.6 Å². The molecule has 0 N–H and O–H groups in total. The molecule has 2 aromatic rings. The Morgan fingerprint density at radius 1 is 1.04 bits per heavy atom. The first-order valence-corrected chi connectivity index (χ1v) is 7.50. The minimum Gasteiger partial charge on any atom is -0.296 e. The number of para-hydroxylation sites is 1. The maximum Gasteiger partial charge on any atom is 0.302 e. The lowest BCUT2D eigenvalue weighted by Crippen LogP contribution is -2.30. The van der Waals surface area contributed by atoms with Gasteiger partial charge in [0, 0.05) is 11.5 Å². The average Bonchev–Trinajstić information content (AvgIpc) is 2.59. The molecule has 0 aliphatic rings. The summed E-state index contributed by atoms with van der Waals surface area (Å²) in [7, 11) is 0. The van der Waals surface area contributed by atoms with Gasteiger partial charge in [0.25, 0.3) is 0 Å². The molecule has 0 bridgehead atoms. The monoisotopic (exact) mass is 305 g/mol. The van der Waals surface area contributed by atoms with Crippen LogP contribution >= 0.6 is 0 Å². The summed E-state index contributed by atoms with van der Waals surface area (Å²) in [5, 5.41) is 0. The van der Waals surface area contributed by atoms with Gasteiger partial charge in [-0.05, 0) is 23.6 Å². The molecule has 0 atom stereocenters. The number of benzene rings is 2. The van der Waals surface area contributed by atoms with E-state index in [1.54, 1.807) is 24.3 Å². The molecule has 0 radical (unpaired) electrons. The Labute approximate surface area is 136 Å². The summed E-state index contributed by atoms with van der Waals surface area (Å²) >= 11 is 0. The van der Waals surface area contributed by atoms with E-state index in [1.807, 2.05) is 44.2 Å². The van der Waals surface area contributed by atoms with Crippen molar-refractivity contribution in [3.8, 4) is 12.3 Å². The molecule has 0 unspecified atom stereocenters. The van der Waals surface area contributed by atoms with Gasteiger partial charge >= 0.3 is 5.91 Å². The van der Waals surface area contributed by atoms with Crippen molar-refractivity contribution in [3.05, 3.63) is 65.7 Å². The number of ketones is 1. The van der Waals surface area contributed by atoms with Crippen LogP contribution in [0.2, 0.25) is 0 Å². The van der Waals surface area contributed by atoms with E-state index in [0.717, 1.165) is 5.56 Å². The number of carbonyl (C=O) groups excluding carboxylic acids is 2. The Morgan fingerprint density at radius 3 is 2.26 bits per heavy atom. The van der Waals surface area contributed by atoms with E-state index in [0.29, 0.717) is 17.8 Å². The Morgan fingerprint density at radius 2 is 1.65 bits per heavy atom. The maximum absolute atomic E-state index is 12.4. The Bertz CT molecular complexity index is 742. The van der Waals surface area contributed by atoms with Crippen molar-refractivity contribution < 1.29 is 9.59 Å². The second-order valence-corrected chi connectivity index (χ2v) is 5.56. The fourth-order valence-corrected chi connectivity index (χ4v) is 2.34. The average molecular weight is 305 g/mol. The van der Waals surface area contributed by atoms with Crippen LogP contribution in [0.5, 0.6) is 0 Å². The summed E-state index contributed by atoms with van der Waals surface area (Å²) < 4.78 is 0. The molecule has 0 spiro atoms. The Hall–Kier alpha value is -2.86. The van der Waals surface area contributed by atoms with Crippen LogP contribution in [0, 0.1) is 18.3 Å².